The molecule has 10 atom stereocenters. The Bertz CT molecular complexity index is 891. The van der Waals surface area contributed by atoms with E-state index in [1.165, 1.54) is 6.92 Å². The number of phenolic OH excluding ortho intramolecular Hbond substituents is 1. The lowest BCUT2D eigenvalue weighted by atomic mass is 9.88. The smallest absolute Gasteiger partial charge is 0.336 e. The standard InChI is InChI=1S/C20H28O14/c1-5-10(22)13(25)16(28)20(32-5)34-7-3-6(19(29)30)9(12(24)17(7)31-2)18-15(27)14(26)11(23)8(4-21)33-18/h3,5,8,10-11,13-16,18,20-28H,4H2,1-2H3,(H,29,30). The SMILES string of the molecule is COc1c(OC2OC(C)C(O)C(O)C2O)cc(C(=O)O)c(C2OC(CO)C(O)C(O)C2O)c1O. The molecule has 0 radical (unpaired) electrons. The van der Waals surface area contributed by atoms with Crippen LogP contribution < -0.4 is 9.47 Å². The average Bonchev–Trinajstić information content (AvgIpc) is 2.80. The summed E-state index contributed by atoms with van der Waals surface area (Å²) < 4.78 is 21.3. The molecule has 2 heterocycles. The number of carbonyl (C=O) groups is 1. The van der Waals surface area contributed by atoms with Crippen molar-refractivity contribution in [3.8, 4) is 17.2 Å². The van der Waals surface area contributed by atoms with Crippen LogP contribution in [-0.2, 0) is 9.47 Å². The van der Waals surface area contributed by atoms with Crippen molar-refractivity contribution >= 4 is 5.97 Å². The number of aromatic hydroxyl groups is 1. The van der Waals surface area contributed by atoms with E-state index in [1.807, 2.05) is 0 Å². The van der Waals surface area contributed by atoms with Crippen LogP contribution in [0.1, 0.15) is 28.9 Å². The molecule has 2 fully saturated rings. The normalized spacial score (nSPS) is 38.4. The summed E-state index contributed by atoms with van der Waals surface area (Å²) in [5, 5.41) is 90.5. The highest BCUT2D eigenvalue weighted by Gasteiger charge is 2.47. The third kappa shape index (κ3) is 4.51. The first-order valence-corrected chi connectivity index (χ1v) is 10.3. The highest BCUT2D eigenvalue weighted by Crippen LogP contribution is 2.48. The minimum atomic E-state index is -1.90. The second-order valence-electron chi connectivity index (χ2n) is 8.07. The monoisotopic (exact) mass is 492 g/mol. The summed E-state index contributed by atoms with van der Waals surface area (Å²) >= 11 is 0. The van der Waals surface area contributed by atoms with Crippen LogP contribution >= 0.6 is 0 Å². The van der Waals surface area contributed by atoms with E-state index in [-0.39, 0.29) is 0 Å². The summed E-state index contributed by atoms with van der Waals surface area (Å²) in [6, 6.07) is 0.871. The predicted octanol–water partition coefficient (Wildman–Crippen LogP) is -3.18. The number of aliphatic hydroxyl groups is 7. The van der Waals surface area contributed by atoms with Gasteiger partial charge in [-0.1, -0.05) is 0 Å². The van der Waals surface area contributed by atoms with Crippen molar-refractivity contribution in [1.29, 1.82) is 0 Å². The van der Waals surface area contributed by atoms with Crippen molar-refractivity contribution in [3.05, 3.63) is 17.2 Å². The number of carboxylic acids is 1. The van der Waals surface area contributed by atoms with Gasteiger partial charge in [0.1, 0.15) is 48.8 Å². The number of methoxy groups -OCH3 is 1. The van der Waals surface area contributed by atoms with E-state index in [4.69, 9.17) is 18.9 Å². The largest absolute Gasteiger partial charge is 0.504 e. The molecule has 2 saturated heterocycles. The molecule has 14 nitrogen and oxygen atoms in total. The van der Waals surface area contributed by atoms with Crippen molar-refractivity contribution in [2.24, 2.45) is 0 Å². The van der Waals surface area contributed by atoms with Gasteiger partial charge in [-0.3, -0.25) is 0 Å². The molecule has 10 unspecified atom stereocenters. The van der Waals surface area contributed by atoms with Gasteiger partial charge in [-0.25, -0.2) is 4.79 Å². The number of benzene rings is 1. The topological polar surface area (TPSA) is 236 Å². The minimum Gasteiger partial charge on any atom is -0.504 e. The first kappa shape index (κ1) is 26.3. The molecule has 0 spiro atoms. The lowest BCUT2D eigenvalue weighted by Crippen LogP contribution is -2.58. The maximum Gasteiger partial charge on any atom is 0.336 e. The van der Waals surface area contributed by atoms with Crippen LogP contribution in [0.5, 0.6) is 17.2 Å². The van der Waals surface area contributed by atoms with Crippen LogP contribution in [-0.4, -0.2) is 121 Å². The molecule has 3 rings (SSSR count). The van der Waals surface area contributed by atoms with E-state index in [2.05, 4.69) is 0 Å². The number of rotatable bonds is 6. The zero-order chi connectivity index (χ0) is 25.5. The number of aliphatic hydroxyl groups excluding tert-OH is 7. The summed E-state index contributed by atoms with van der Waals surface area (Å²) in [6.07, 6.45) is -16.0. The van der Waals surface area contributed by atoms with E-state index in [0.29, 0.717) is 0 Å². The lowest BCUT2D eigenvalue weighted by Gasteiger charge is -2.41. The van der Waals surface area contributed by atoms with Crippen LogP contribution in [0.2, 0.25) is 0 Å². The molecule has 34 heavy (non-hydrogen) atoms. The van der Waals surface area contributed by atoms with Gasteiger partial charge in [-0.15, -0.1) is 0 Å². The van der Waals surface area contributed by atoms with E-state index in [1.54, 1.807) is 0 Å². The molecule has 192 valence electrons. The summed E-state index contributed by atoms with van der Waals surface area (Å²) in [7, 11) is 1.10. The first-order valence-electron chi connectivity index (χ1n) is 10.3. The van der Waals surface area contributed by atoms with Gasteiger partial charge in [0.2, 0.25) is 12.0 Å². The lowest BCUT2D eigenvalue weighted by molar-refractivity contribution is -0.268. The summed E-state index contributed by atoms with van der Waals surface area (Å²) in [6.45, 7) is 0.613. The zero-order valence-electron chi connectivity index (χ0n) is 18.1. The number of ether oxygens (including phenoxy) is 4. The zero-order valence-corrected chi connectivity index (χ0v) is 18.1. The average molecular weight is 492 g/mol. The van der Waals surface area contributed by atoms with E-state index in [9.17, 15) is 50.8 Å². The second kappa shape index (κ2) is 10.2. The molecule has 9 N–H and O–H groups in total. The van der Waals surface area contributed by atoms with Crippen molar-refractivity contribution in [3.63, 3.8) is 0 Å². The third-order valence-corrected chi connectivity index (χ3v) is 5.92. The van der Waals surface area contributed by atoms with Crippen LogP contribution in [0.3, 0.4) is 0 Å². The summed E-state index contributed by atoms with van der Waals surface area (Å²) in [4.78, 5) is 12.0. The van der Waals surface area contributed by atoms with Gasteiger partial charge in [-0.05, 0) is 13.0 Å². The van der Waals surface area contributed by atoms with Gasteiger partial charge in [0.05, 0.1) is 25.4 Å². The number of carboxylic acid groups (broad SMARTS) is 1. The highest BCUT2D eigenvalue weighted by molar-refractivity contribution is 5.92. The molecule has 0 amide bonds. The first-order chi connectivity index (χ1) is 15.9. The second-order valence-corrected chi connectivity index (χ2v) is 8.07. The Kier molecular flexibility index (Phi) is 7.86. The Balaban J connectivity index is 2.07. The molecular formula is C20H28O14. The van der Waals surface area contributed by atoms with Crippen molar-refractivity contribution in [1.82, 2.24) is 0 Å². The van der Waals surface area contributed by atoms with Crippen molar-refractivity contribution in [2.75, 3.05) is 13.7 Å². The Hall–Kier alpha value is -2.27. The molecule has 0 bridgehead atoms. The van der Waals surface area contributed by atoms with Gasteiger partial charge in [0.25, 0.3) is 0 Å². The van der Waals surface area contributed by atoms with Gasteiger partial charge in [0.15, 0.2) is 11.5 Å². The Morgan fingerprint density at radius 1 is 0.971 bits per heavy atom. The van der Waals surface area contributed by atoms with Gasteiger partial charge in [-0.2, -0.15) is 0 Å². The van der Waals surface area contributed by atoms with Crippen molar-refractivity contribution in [2.45, 2.75) is 68.1 Å². The fourth-order valence-electron chi connectivity index (χ4n) is 3.97. The molecule has 0 saturated carbocycles. The van der Waals surface area contributed by atoms with E-state index in [0.717, 1.165) is 13.2 Å². The van der Waals surface area contributed by atoms with Gasteiger partial charge < -0.3 is 64.9 Å². The predicted molar refractivity (Wildman–Crippen MR) is 107 cm³/mol. The maximum absolute atomic E-state index is 12.0. The fraction of sp³-hybridized carbons (Fsp3) is 0.650. The Morgan fingerprint density at radius 2 is 1.59 bits per heavy atom. The molecular weight excluding hydrogens is 464 g/mol. The van der Waals surface area contributed by atoms with Crippen LogP contribution in [0.15, 0.2) is 6.07 Å². The molecule has 14 heteroatoms. The Labute approximate surface area is 192 Å². The molecule has 2 aliphatic heterocycles. The van der Waals surface area contributed by atoms with E-state index >= 15 is 0 Å². The third-order valence-electron chi connectivity index (χ3n) is 5.92. The van der Waals surface area contributed by atoms with E-state index < -0.39 is 102 Å². The highest BCUT2D eigenvalue weighted by atomic mass is 16.7. The maximum atomic E-state index is 12.0. The molecule has 1 aromatic rings. The van der Waals surface area contributed by atoms with Crippen molar-refractivity contribution < 1.29 is 69.7 Å². The quantitative estimate of drug-likeness (QED) is 0.190. The van der Waals surface area contributed by atoms with Crippen LogP contribution in [0.25, 0.3) is 0 Å². The Morgan fingerprint density at radius 3 is 2.15 bits per heavy atom. The molecule has 0 aliphatic carbocycles. The number of hydrogen-bond acceptors (Lipinski definition) is 13. The summed E-state index contributed by atoms with van der Waals surface area (Å²) in [5.74, 6) is -3.41. The van der Waals surface area contributed by atoms with Crippen LogP contribution in [0.4, 0.5) is 0 Å². The molecule has 0 aromatic heterocycles. The number of aromatic carboxylic acids is 1. The van der Waals surface area contributed by atoms with Gasteiger partial charge in [0, 0.05) is 5.56 Å². The molecule has 1 aromatic carbocycles. The fourth-order valence-corrected chi connectivity index (χ4v) is 3.97. The van der Waals surface area contributed by atoms with Crippen LogP contribution in [0, 0.1) is 0 Å². The number of hydrogen-bond donors (Lipinski definition) is 9. The summed E-state index contributed by atoms with van der Waals surface area (Å²) in [5.41, 5.74) is -1.21. The minimum absolute atomic E-state index is 0.439. The van der Waals surface area contributed by atoms with Gasteiger partial charge >= 0.3 is 5.97 Å². The molecule has 2 aliphatic rings. The number of phenols is 1.